The molecule has 0 heterocycles. The molecule has 0 unspecified atom stereocenters. The summed E-state index contributed by atoms with van der Waals surface area (Å²) in [6.07, 6.45) is 2.14. The van der Waals surface area contributed by atoms with Crippen LogP contribution in [0.4, 0.5) is 4.79 Å². The molecule has 7 heteroatoms. The molecule has 2 amide bonds. The number of carbonyl (C=O) groups is 3. The minimum Gasteiger partial charge on any atom is -0.480 e. The number of hydrogen-bond donors (Lipinski definition) is 3. The number of aliphatic carboxylic acids is 1. The molecular formula is C27H32N2O5. The number of alkyl carbamates (subject to hydrolysis) is 1. The lowest BCUT2D eigenvalue weighted by Crippen LogP contribution is -2.52. The van der Waals surface area contributed by atoms with Gasteiger partial charge >= 0.3 is 12.1 Å². The topological polar surface area (TPSA) is 105 Å². The molecule has 7 nitrogen and oxygen atoms in total. The number of carbonyl (C=O) groups excluding carboxylic acids is 2. The Balaban J connectivity index is 1.40. The molecule has 0 aliphatic heterocycles. The van der Waals surface area contributed by atoms with Gasteiger partial charge in [-0.3, -0.25) is 4.79 Å². The summed E-state index contributed by atoms with van der Waals surface area (Å²) >= 11 is 0. The lowest BCUT2D eigenvalue weighted by molar-refractivity contribution is -0.142. The van der Waals surface area contributed by atoms with Crippen LogP contribution in [-0.4, -0.2) is 41.8 Å². The first-order valence-corrected chi connectivity index (χ1v) is 12.0. The summed E-state index contributed by atoms with van der Waals surface area (Å²) in [5.41, 5.74) is 4.51. The smallest absolute Gasteiger partial charge is 0.407 e. The molecule has 2 aromatic rings. The average molecular weight is 465 g/mol. The molecule has 180 valence electrons. The highest BCUT2D eigenvalue weighted by Crippen LogP contribution is 2.44. The standard InChI is InChI=1S/C27H32N2O5/c1-16(2)13-24(26(31)32)28-25(30)23(14-17-11-12-17)29-27(33)34-15-22-20-9-5-3-7-18(20)19-8-4-6-10-21(19)22/h3-10,16-17,22-24H,11-15H2,1-2H3,(H,28,30)(H,29,33)(H,31,32)/t23-,24-/m0/s1. The van der Waals surface area contributed by atoms with Gasteiger partial charge < -0.3 is 20.5 Å². The molecule has 4 rings (SSSR count). The molecular weight excluding hydrogens is 432 g/mol. The van der Waals surface area contributed by atoms with Crippen molar-refractivity contribution in [3.63, 3.8) is 0 Å². The van der Waals surface area contributed by atoms with E-state index in [0.717, 1.165) is 35.1 Å². The number of rotatable bonds is 10. The van der Waals surface area contributed by atoms with E-state index >= 15 is 0 Å². The Morgan fingerprint density at radius 2 is 1.53 bits per heavy atom. The number of nitrogens with one attached hydrogen (secondary N) is 2. The number of amides is 2. The number of benzene rings is 2. The number of carboxylic acids is 1. The number of carboxylic acid groups (broad SMARTS) is 1. The Morgan fingerprint density at radius 3 is 2.06 bits per heavy atom. The summed E-state index contributed by atoms with van der Waals surface area (Å²) in [5, 5.41) is 14.8. The van der Waals surface area contributed by atoms with Gasteiger partial charge in [-0.1, -0.05) is 75.2 Å². The van der Waals surface area contributed by atoms with Crippen molar-refractivity contribution >= 4 is 18.0 Å². The summed E-state index contributed by atoms with van der Waals surface area (Å²) in [5.74, 6) is -1.16. The van der Waals surface area contributed by atoms with Crippen molar-refractivity contribution < 1.29 is 24.2 Å². The molecule has 34 heavy (non-hydrogen) atoms. The minimum absolute atomic E-state index is 0.0729. The highest BCUT2D eigenvalue weighted by molar-refractivity contribution is 5.89. The van der Waals surface area contributed by atoms with Crippen molar-refractivity contribution in [1.29, 1.82) is 0 Å². The van der Waals surface area contributed by atoms with Crippen LogP contribution in [0, 0.1) is 11.8 Å². The van der Waals surface area contributed by atoms with E-state index in [1.54, 1.807) is 0 Å². The molecule has 0 spiro atoms. The maximum atomic E-state index is 12.9. The van der Waals surface area contributed by atoms with Gasteiger partial charge in [0, 0.05) is 5.92 Å². The van der Waals surface area contributed by atoms with Gasteiger partial charge in [0.15, 0.2) is 0 Å². The third-order valence-corrected chi connectivity index (χ3v) is 6.54. The average Bonchev–Trinajstić information content (AvgIpc) is 3.57. The van der Waals surface area contributed by atoms with E-state index in [9.17, 15) is 19.5 Å². The van der Waals surface area contributed by atoms with Gasteiger partial charge in [0.1, 0.15) is 18.7 Å². The van der Waals surface area contributed by atoms with Crippen LogP contribution in [0.5, 0.6) is 0 Å². The van der Waals surface area contributed by atoms with E-state index in [-0.39, 0.29) is 18.4 Å². The lowest BCUT2D eigenvalue weighted by Gasteiger charge is -2.22. The summed E-state index contributed by atoms with van der Waals surface area (Å²) in [6, 6.07) is 14.4. The van der Waals surface area contributed by atoms with Gasteiger partial charge in [-0.15, -0.1) is 0 Å². The van der Waals surface area contributed by atoms with Crippen molar-refractivity contribution in [2.75, 3.05) is 6.61 Å². The zero-order valence-corrected chi connectivity index (χ0v) is 19.6. The molecule has 2 aliphatic carbocycles. The summed E-state index contributed by atoms with van der Waals surface area (Å²) in [4.78, 5) is 37.2. The Labute approximate surface area is 199 Å². The van der Waals surface area contributed by atoms with Crippen LogP contribution in [0.1, 0.15) is 56.6 Å². The van der Waals surface area contributed by atoms with Gasteiger partial charge in [0.05, 0.1) is 0 Å². The second-order valence-electron chi connectivity index (χ2n) is 9.73. The molecule has 1 saturated carbocycles. The first kappa shape index (κ1) is 23.8. The number of ether oxygens (including phenoxy) is 1. The zero-order chi connectivity index (χ0) is 24.2. The summed E-state index contributed by atoms with van der Waals surface area (Å²) in [7, 11) is 0. The third-order valence-electron chi connectivity index (χ3n) is 6.54. The van der Waals surface area contributed by atoms with Crippen molar-refractivity contribution in [3.8, 4) is 11.1 Å². The fourth-order valence-electron chi connectivity index (χ4n) is 4.67. The van der Waals surface area contributed by atoms with E-state index in [2.05, 4.69) is 22.8 Å². The van der Waals surface area contributed by atoms with E-state index in [0.29, 0.717) is 18.8 Å². The fraction of sp³-hybridized carbons (Fsp3) is 0.444. The van der Waals surface area contributed by atoms with Gasteiger partial charge in [0.25, 0.3) is 0 Å². The molecule has 0 radical (unpaired) electrons. The van der Waals surface area contributed by atoms with E-state index in [1.807, 2.05) is 50.2 Å². The molecule has 0 aromatic heterocycles. The van der Waals surface area contributed by atoms with Crippen LogP contribution in [0.2, 0.25) is 0 Å². The van der Waals surface area contributed by atoms with Crippen molar-refractivity contribution in [2.24, 2.45) is 11.8 Å². The maximum absolute atomic E-state index is 12.9. The largest absolute Gasteiger partial charge is 0.480 e. The van der Waals surface area contributed by atoms with Gasteiger partial charge in [-0.05, 0) is 46.9 Å². The van der Waals surface area contributed by atoms with E-state index < -0.39 is 30.1 Å². The molecule has 2 aliphatic rings. The highest BCUT2D eigenvalue weighted by Gasteiger charge is 2.34. The molecule has 1 fully saturated rings. The first-order valence-electron chi connectivity index (χ1n) is 12.0. The SMILES string of the molecule is CC(C)C[C@H](NC(=O)[C@H](CC1CC1)NC(=O)OCC1c2ccccc2-c2ccccc21)C(=O)O. The monoisotopic (exact) mass is 464 g/mol. The zero-order valence-electron chi connectivity index (χ0n) is 19.6. The van der Waals surface area contributed by atoms with Crippen molar-refractivity contribution in [2.45, 2.75) is 57.5 Å². The predicted molar refractivity (Wildman–Crippen MR) is 128 cm³/mol. The Kier molecular flexibility index (Phi) is 7.20. The normalized spacial score (nSPS) is 16.3. The van der Waals surface area contributed by atoms with Crippen molar-refractivity contribution in [3.05, 3.63) is 59.7 Å². The quantitative estimate of drug-likeness (QED) is 0.486. The molecule has 2 atom stereocenters. The molecule has 0 saturated heterocycles. The second-order valence-corrected chi connectivity index (χ2v) is 9.73. The molecule has 0 bridgehead atoms. The first-order chi connectivity index (χ1) is 16.3. The summed E-state index contributed by atoms with van der Waals surface area (Å²) in [6.45, 7) is 3.96. The minimum atomic E-state index is -1.08. The summed E-state index contributed by atoms with van der Waals surface area (Å²) < 4.78 is 5.59. The van der Waals surface area contributed by atoms with Gasteiger partial charge in [-0.25, -0.2) is 9.59 Å². The Bertz CT molecular complexity index is 1020. The van der Waals surface area contributed by atoms with Crippen LogP contribution < -0.4 is 10.6 Å². The van der Waals surface area contributed by atoms with Gasteiger partial charge in [0.2, 0.25) is 5.91 Å². The number of hydrogen-bond acceptors (Lipinski definition) is 4. The van der Waals surface area contributed by atoms with Gasteiger partial charge in [-0.2, -0.15) is 0 Å². The highest BCUT2D eigenvalue weighted by atomic mass is 16.5. The van der Waals surface area contributed by atoms with E-state index in [4.69, 9.17) is 4.74 Å². The Morgan fingerprint density at radius 1 is 0.941 bits per heavy atom. The second kappa shape index (κ2) is 10.3. The lowest BCUT2D eigenvalue weighted by atomic mass is 9.98. The van der Waals surface area contributed by atoms with Crippen LogP contribution in [0.25, 0.3) is 11.1 Å². The van der Waals surface area contributed by atoms with Crippen LogP contribution in [-0.2, 0) is 14.3 Å². The predicted octanol–water partition coefficient (Wildman–Crippen LogP) is 4.31. The van der Waals surface area contributed by atoms with Crippen LogP contribution >= 0.6 is 0 Å². The van der Waals surface area contributed by atoms with Crippen LogP contribution in [0.3, 0.4) is 0 Å². The number of fused-ring (bicyclic) bond motifs is 3. The van der Waals surface area contributed by atoms with E-state index in [1.165, 1.54) is 0 Å². The van der Waals surface area contributed by atoms with Crippen molar-refractivity contribution in [1.82, 2.24) is 10.6 Å². The van der Waals surface area contributed by atoms with Crippen LogP contribution in [0.15, 0.2) is 48.5 Å². The molecule has 3 N–H and O–H groups in total. The Hall–Kier alpha value is -3.35. The maximum Gasteiger partial charge on any atom is 0.407 e. The third kappa shape index (κ3) is 5.58. The molecule has 2 aromatic carbocycles. The fourth-order valence-corrected chi connectivity index (χ4v) is 4.67.